The van der Waals surface area contributed by atoms with Gasteiger partial charge in [-0.1, -0.05) is 30.3 Å². The lowest BCUT2D eigenvalue weighted by molar-refractivity contribution is 0.210. The number of carbonyl (C=O) groups is 1. The summed E-state index contributed by atoms with van der Waals surface area (Å²) in [7, 11) is -3.63. The normalized spacial score (nSPS) is 16.6. The molecule has 1 saturated heterocycles. The molecule has 1 aromatic heterocycles. The van der Waals surface area contributed by atoms with E-state index in [1.54, 1.807) is 10.9 Å². The second-order valence-corrected chi connectivity index (χ2v) is 7.88. The number of amides is 2. The predicted octanol–water partition coefficient (Wildman–Crippen LogP) is 0.707. The molecule has 0 unspecified atom stereocenters. The highest BCUT2D eigenvalue weighted by atomic mass is 32.2. The first kappa shape index (κ1) is 17.4. The van der Waals surface area contributed by atoms with Crippen molar-refractivity contribution in [3.8, 4) is 0 Å². The molecule has 9 heteroatoms. The summed E-state index contributed by atoms with van der Waals surface area (Å²) < 4.78 is 28.6. The van der Waals surface area contributed by atoms with Crippen LogP contribution < -0.4 is 5.73 Å². The molecule has 0 saturated carbocycles. The third kappa shape index (κ3) is 3.99. The highest BCUT2D eigenvalue weighted by molar-refractivity contribution is 7.89. The van der Waals surface area contributed by atoms with Gasteiger partial charge in [-0.25, -0.2) is 13.2 Å². The topological polar surface area (TPSA) is 102 Å². The Balaban J connectivity index is 1.73. The Hall–Kier alpha value is -2.39. The molecular weight excluding hydrogens is 342 g/mol. The van der Waals surface area contributed by atoms with Gasteiger partial charge in [0.25, 0.3) is 0 Å². The van der Waals surface area contributed by atoms with Gasteiger partial charge < -0.3 is 10.6 Å². The Morgan fingerprint density at radius 1 is 1.12 bits per heavy atom. The van der Waals surface area contributed by atoms with Gasteiger partial charge in [0.15, 0.2) is 0 Å². The fourth-order valence-corrected chi connectivity index (χ4v) is 4.26. The first-order chi connectivity index (χ1) is 12.0. The van der Waals surface area contributed by atoms with Gasteiger partial charge in [0.05, 0.1) is 12.7 Å². The van der Waals surface area contributed by atoms with Crippen molar-refractivity contribution >= 4 is 16.1 Å². The SMILES string of the molecule is NC(=O)N1CCCN(S(=O)(=O)c2cnn(Cc3ccccc3)c2)CC1. The van der Waals surface area contributed by atoms with Crippen molar-refractivity contribution < 1.29 is 13.2 Å². The molecule has 1 aliphatic heterocycles. The second-order valence-electron chi connectivity index (χ2n) is 5.94. The lowest BCUT2D eigenvalue weighted by Gasteiger charge is -2.19. The van der Waals surface area contributed by atoms with Crippen LogP contribution in [0.3, 0.4) is 0 Å². The van der Waals surface area contributed by atoms with Crippen LogP contribution in [-0.2, 0) is 16.6 Å². The van der Waals surface area contributed by atoms with Gasteiger partial charge >= 0.3 is 6.03 Å². The van der Waals surface area contributed by atoms with E-state index in [0.29, 0.717) is 32.6 Å². The van der Waals surface area contributed by atoms with Crippen LogP contribution in [0.25, 0.3) is 0 Å². The summed E-state index contributed by atoms with van der Waals surface area (Å²) >= 11 is 0. The molecule has 2 amide bonds. The molecule has 25 heavy (non-hydrogen) atoms. The summed E-state index contributed by atoms with van der Waals surface area (Å²) in [6, 6.07) is 9.19. The second kappa shape index (κ2) is 7.24. The number of primary amides is 1. The van der Waals surface area contributed by atoms with Crippen LogP contribution in [0.4, 0.5) is 4.79 Å². The van der Waals surface area contributed by atoms with Crippen LogP contribution in [0.1, 0.15) is 12.0 Å². The Morgan fingerprint density at radius 3 is 2.60 bits per heavy atom. The van der Waals surface area contributed by atoms with Crippen LogP contribution in [0, 0.1) is 0 Å². The molecule has 3 rings (SSSR count). The molecule has 0 aliphatic carbocycles. The average molecular weight is 363 g/mol. The maximum absolute atomic E-state index is 12.8. The molecular formula is C16H21N5O3S. The Kier molecular flexibility index (Phi) is 5.05. The van der Waals surface area contributed by atoms with Crippen molar-refractivity contribution in [1.29, 1.82) is 0 Å². The lowest BCUT2D eigenvalue weighted by atomic mass is 10.2. The molecule has 0 radical (unpaired) electrons. The van der Waals surface area contributed by atoms with Crippen molar-refractivity contribution in [1.82, 2.24) is 19.0 Å². The number of urea groups is 1. The van der Waals surface area contributed by atoms with Gasteiger partial charge in [0, 0.05) is 32.4 Å². The summed E-state index contributed by atoms with van der Waals surface area (Å²) in [4.78, 5) is 12.9. The Bertz CT molecular complexity index is 834. The number of sulfonamides is 1. The van der Waals surface area contributed by atoms with Gasteiger partial charge in [0.1, 0.15) is 4.90 Å². The monoisotopic (exact) mass is 363 g/mol. The van der Waals surface area contributed by atoms with E-state index in [1.807, 2.05) is 30.3 Å². The number of rotatable bonds is 4. The van der Waals surface area contributed by atoms with Crippen LogP contribution in [0.15, 0.2) is 47.6 Å². The molecule has 1 aliphatic rings. The summed E-state index contributed by atoms with van der Waals surface area (Å²) in [5.74, 6) is 0. The van der Waals surface area contributed by atoms with Crippen molar-refractivity contribution in [2.75, 3.05) is 26.2 Å². The molecule has 8 nitrogen and oxygen atoms in total. The zero-order valence-electron chi connectivity index (χ0n) is 13.8. The van der Waals surface area contributed by atoms with E-state index in [9.17, 15) is 13.2 Å². The smallest absolute Gasteiger partial charge is 0.314 e. The molecule has 134 valence electrons. The molecule has 2 heterocycles. The zero-order valence-corrected chi connectivity index (χ0v) is 14.6. The highest BCUT2D eigenvalue weighted by Gasteiger charge is 2.28. The van der Waals surface area contributed by atoms with Crippen LogP contribution >= 0.6 is 0 Å². The van der Waals surface area contributed by atoms with Crippen molar-refractivity contribution in [2.24, 2.45) is 5.73 Å². The minimum absolute atomic E-state index is 0.163. The third-order valence-electron chi connectivity index (χ3n) is 4.20. The van der Waals surface area contributed by atoms with E-state index >= 15 is 0 Å². The van der Waals surface area contributed by atoms with Crippen LogP contribution in [-0.4, -0.2) is 59.6 Å². The van der Waals surface area contributed by atoms with E-state index in [-0.39, 0.29) is 11.4 Å². The fourth-order valence-electron chi connectivity index (χ4n) is 2.84. The number of aromatic nitrogens is 2. The summed E-state index contributed by atoms with van der Waals surface area (Å²) in [5, 5.41) is 4.17. The Labute approximate surface area is 146 Å². The number of nitrogens with two attached hydrogens (primary N) is 1. The molecule has 0 spiro atoms. The molecule has 2 N–H and O–H groups in total. The van der Waals surface area contributed by atoms with E-state index in [0.717, 1.165) is 5.56 Å². The minimum atomic E-state index is -3.63. The number of hydrogen-bond donors (Lipinski definition) is 1. The van der Waals surface area contributed by atoms with E-state index in [2.05, 4.69) is 5.10 Å². The van der Waals surface area contributed by atoms with Gasteiger partial charge in [-0.15, -0.1) is 0 Å². The fraction of sp³-hybridized carbons (Fsp3) is 0.375. The van der Waals surface area contributed by atoms with Gasteiger partial charge in [-0.3, -0.25) is 4.68 Å². The first-order valence-corrected chi connectivity index (χ1v) is 9.52. The first-order valence-electron chi connectivity index (χ1n) is 8.08. The largest absolute Gasteiger partial charge is 0.351 e. The molecule has 2 aromatic rings. The lowest BCUT2D eigenvalue weighted by Crippen LogP contribution is -2.39. The minimum Gasteiger partial charge on any atom is -0.351 e. The summed E-state index contributed by atoms with van der Waals surface area (Å²) in [6.45, 7) is 1.86. The zero-order chi connectivity index (χ0) is 17.9. The van der Waals surface area contributed by atoms with Gasteiger partial charge in [0.2, 0.25) is 10.0 Å². The molecule has 1 aromatic carbocycles. The molecule has 0 bridgehead atoms. The van der Waals surface area contributed by atoms with E-state index in [1.165, 1.54) is 15.4 Å². The maximum atomic E-state index is 12.8. The standard InChI is InChI=1S/C16H21N5O3S/c17-16(22)19-7-4-8-21(10-9-19)25(23,24)15-11-18-20(13-15)12-14-5-2-1-3-6-14/h1-3,5-6,11,13H,4,7-10,12H2,(H2,17,22). The number of hydrogen-bond acceptors (Lipinski definition) is 4. The quantitative estimate of drug-likeness (QED) is 0.864. The maximum Gasteiger partial charge on any atom is 0.314 e. The van der Waals surface area contributed by atoms with Crippen molar-refractivity contribution in [3.63, 3.8) is 0 Å². The number of benzene rings is 1. The van der Waals surface area contributed by atoms with Crippen molar-refractivity contribution in [3.05, 3.63) is 48.3 Å². The summed E-state index contributed by atoms with van der Waals surface area (Å²) in [6.07, 6.45) is 3.47. The molecule has 0 atom stereocenters. The number of carbonyl (C=O) groups excluding carboxylic acids is 1. The summed E-state index contributed by atoms with van der Waals surface area (Å²) in [5.41, 5.74) is 6.33. The molecule has 1 fully saturated rings. The van der Waals surface area contributed by atoms with E-state index in [4.69, 9.17) is 5.73 Å². The highest BCUT2D eigenvalue weighted by Crippen LogP contribution is 2.17. The number of nitrogens with zero attached hydrogens (tertiary/aromatic N) is 4. The third-order valence-corrected chi connectivity index (χ3v) is 6.05. The van der Waals surface area contributed by atoms with Crippen LogP contribution in [0.5, 0.6) is 0 Å². The van der Waals surface area contributed by atoms with Crippen molar-refractivity contribution in [2.45, 2.75) is 17.9 Å². The van der Waals surface area contributed by atoms with E-state index < -0.39 is 16.1 Å². The Morgan fingerprint density at radius 2 is 1.88 bits per heavy atom. The average Bonchev–Trinajstić information content (AvgIpc) is 2.91. The van der Waals surface area contributed by atoms with Crippen LogP contribution in [0.2, 0.25) is 0 Å². The van der Waals surface area contributed by atoms with Gasteiger partial charge in [-0.05, 0) is 12.0 Å². The van der Waals surface area contributed by atoms with Gasteiger partial charge in [-0.2, -0.15) is 9.40 Å². The predicted molar refractivity (Wildman–Crippen MR) is 92.3 cm³/mol.